The molecule has 0 amide bonds. The molecule has 9 heteroatoms. The van der Waals surface area contributed by atoms with Crippen LogP contribution >= 0.6 is 26.6 Å². The van der Waals surface area contributed by atoms with Crippen LogP contribution in [-0.2, 0) is 16.1 Å². The maximum Gasteiger partial charge on any atom is 0.296 e. The van der Waals surface area contributed by atoms with E-state index < -0.39 is 14.9 Å². The number of nitrogens with zero attached hydrogens (tertiary/aromatic N) is 3. The molecular weight excluding hydrogens is 349 g/mol. The second kappa shape index (κ2) is 4.60. The maximum atomic E-state index is 13.0. The highest BCUT2D eigenvalue weighted by molar-refractivity contribution is 9.10. The molecule has 0 aliphatic rings. The molecule has 2 aromatic rings. The number of hydrogen-bond donors (Lipinski definition) is 0. The Labute approximate surface area is 115 Å². The van der Waals surface area contributed by atoms with E-state index in [2.05, 4.69) is 26.1 Å². The van der Waals surface area contributed by atoms with Crippen molar-refractivity contribution in [1.82, 2.24) is 14.8 Å². The Kier molecular flexibility index (Phi) is 3.43. The number of halogens is 3. The Morgan fingerprint density at radius 3 is 2.56 bits per heavy atom. The molecule has 0 saturated carbocycles. The third-order valence-electron chi connectivity index (χ3n) is 2.23. The molecule has 0 fully saturated rings. The molecule has 1 aromatic carbocycles. The lowest BCUT2D eigenvalue weighted by Crippen LogP contribution is -2.03. The van der Waals surface area contributed by atoms with Gasteiger partial charge in [0.25, 0.3) is 14.2 Å². The van der Waals surface area contributed by atoms with E-state index in [1.807, 2.05) is 0 Å². The molecular formula is C9H6BrClFN3O2S. The van der Waals surface area contributed by atoms with Gasteiger partial charge in [-0.25, -0.2) is 12.8 Å². The van der Waals surface area contributed by atoms with Gasteiger partial charge in [0.1, 0.15) is 5.82 Å². The first kappa shape index (κ1) is 13.4. The van der Waals surface area contributed by atoms with E-state index in [4.69, 9.17) is 10.7 Å². The quantitative estimate of drug-likeness (QED) is 0.776. The molecule has 5 nitrogen and oxygen atoms in total. The van der Waals surface area contributed by atoms with Gasteiger partial charge in [0.05, 0.1) is 0 Å². The van der Waals surface area contributed by atoms with Crippen LogP contribution in [0.15, 0.2) is 27.8 Å². The largest absolute Gasteiger partial charge is 0.300 e. The third kappa shape index (κ3) is 2.40. The number of aromatic nitrogens is 3. The summed E-state index contributed by atoms with van der Waals surface area (Å²) in [5.41, 5.74) is 0.512. The minimum absolute atomic E-state index is 0.265. The van der Waals surface area contributed by atoms with Gasteiger partial charge in [0.2, 0.25) is 0 Å². The summed E-state index contributed by atoms with van der Waals surface area (Å²) in [4.78, 5) is 0. The van der Waals surface area contributed by atoms with Gasteiger partial charge in [-0.2, -0.15) is 0 Å². The van der Waals surface area contributed by atoms with Gasteiger partial charge in [-0.05, 0) is 34.1 Å². The zero-order valence-electron chi connectivity index (χ0n) is 8.93. The molecule has 18 heavy (non-hydrogen) atoms. The van der Waals surface area contributed by atoms with Gasteiger partial charge < -0.3 is 0 Å². The van der Waals surface area contributed by atoms with Crippen LogP contribution in [0.25, 0.3) is 11.4 Å². The SMILES string of the molecule is Cn1c(-c2ccc(F)cc2Br)nnc1S(=O)(=O)Cl. The molecule has 0 aliphatic heterocycles. The van der Waals surface area contributed by atoms with Crippen molar-refractivity contribution in [3.63, 3.8) is 0 Å². The van der Waals surface area contributed by atoms with Crippen molar-refractivity contribution in [3.05, 3.63) is 28.5 Å². The predicted octanol–water partition coefficient (Wildman–Crippen LogP) is 2.31. The first-order valence-electron chi connectivity index (χ1n) is 4.60. The molecule has 0 radical (unpaired) electrons. The van der Waals surface area contributed by atoms with Gasteiger partial charge in [-0.3, -0.25) is 4.57 Å². The van der Waals surface area contributed by atoms with Crippen LogP contribution in [0.3, 0.4) is 0 Å². The summed E-state index contributed by atoms with van der Waals surface area (Å²) in [5, 5.41) is 6.88. The first-order chi connectivity index (χ1) is 8.30. The van der Waals surface area contributed by atoms with Crippen LogP contribution < -0.4 is 0 Å². The van der Waals surface area contributed by atoms with E-state index in [0.29, 0.717) is 10.0 Å². The normalized spacial score (nSPS) is 11.8. The third-order valence-corrected chi connectivity index (χ3v) is 4.09. The Balaban J connectivity index is 2.63. The summed E-state index contributed by atoms with van der Waals surface area (Å²) in [5.74, 6) is -0.154. The fourth-order valence-electron chi connectivity index (χ4n) is 1.43. The molecule has 0 saturated heterocycles. The number of rotatable bonds is 2. The smallest absolute Gasteiger partial charge is 0.296 e. The van der Waals surface area contributed by atoms with Gasteiger partial charge in [-0.1, -0.05) is 0 Å². The Morgan fingerprint density at radius 1 is 1.39 bits per heavy atom. The summed E-state index contributed by atoms with van der Waals surface area (Å²) in [6.07, 6.45) is 0. The van der Waals surface area contributed by atoms with Crippen molar-refractivity contribution in [2.24, 2.45) is 7.05 Å². The molecule has 0 bridgehead atoms. The molecule has 0 N–H and O–H groups in total. The lowest BCUT2D eigenvalue weighted by atomic mass is 10.2. The highest BCUT2D eigenvalue weighted by Crippen LogP contribution is 2.28. The molecule has 0 spiro atoms. The van der Waals surface area contributed by atoms with E-state index in [9.17, 15) is 12.8 Å². The van der Waals surface area contributed by atoms with E-state index in [0.717, 1.165) is 0 Å². The van der Waals surface area contributed by atoms with Crippen molar-refractivity contribution in [1.29, 1.82) is 0 Å². The molecule has 1 heterocycles. The van der Waals surface area contributed by atoms with Crippen LogP contribution in [0.5, 0.6) is 0 Å². The second-order valence-electron chi connectivity index (χ2n) is 3.43. The fraction of sp³-hybridized carbons (Fsp3) is 0.111. The van der Waals surface area contributed by atoms with Gasteiger partial charge >= 0.3 is 0 Å². The van der Waals surface area contributed by atoms with Crippen molar-refractivity contribution in [2.75, 3.05) is 0 Å². The second-order valence-corrected chi connectivity index (χ2v) is 6.74. The van der Waals surface area contributed by atoms with Crippen molar-refractivity contribution in [2.45, 2.75) is 5.16 Å². The highest BCUT2D eigenvalue weighted by atomic mass is 79.9. The standard InChI is InChI=1S/C9H6BrClFN3O2S/c1-15-8(13-14-9(15)18(11,16)17)6-3-2-5(12)4-7(6)10/h2-4H,1H3. The van der Waals surface area contributed by atoms with E-state index in [1.54, 1.807) is 0 Å². The fourth-order valence-corrected chi connectivity index (χ4v) is 2.92. The Bertz CT molecular complexity index is 717. The minimum Gasteiger partial charge on any atom is -0.300 e. The lowest BCUT2D eigenvalue weighted by Gasteiger charge is -2.04. The molecule has 0 aliphatic carbocycles. The zero-order chi connectivity index (χ0) is 13.5. The Morgan fingerprint density at radius 2 is 2.06 bits per heavy atom. The van der Waals surface area contributed by atoms with Gasteiger partial charge in [0.15, 0.2) is 5.82 Å². The van der Waals surface area contributed by atoms with E-state index in [-0.39, 0.29) is 11.0 Å². The van der Waals surface area contributed by atoms with E-state index in [1.165, 1.54) is 29.8 Å². The minimum atomic E-state index is -3.97. The highest BCUT2D eigenvalue weighted by Gasteiger charge is 2.21. The summed E-state index contributed by atoms with van der Waals surface area (Å²) in [7, 11) is 2.70. The summed E-state index contributed by atoms with van der Waals surface area (Å²) >= 11 is 3.17. The lowest BCUT2D eigenvalue weighted by molar-refractivity contribution is 0.593. The predicted molar refractivity (Wildman–Crippen MR) is 67.1 cm³/mol. The van der Waals surface area contributed by atoms with Gasteiger partial charge in [-0.15, -0.1) is 10.2 Å². The molecule has 96 valence electrons. The molecule has 0 atom stereocenters. The summed E-state index contributed by atoms with van der Waals surface area (Å²) in [6.45, 7) is 0. The topological polar surface area (TPSA) is 64.8 Å². The van der Waals surface area contributed by atoms with Crippen molar-refractivity contribution in [3.8, 4) is 11.4 Å². The molecule has 1 aromatic heterocycles. The van der Waals surface area contributed by atoms with Crippen molar-refractivity contribution < 1.29 is 12.8 Å². The number of benzene rings is 1. The number of hydrogen-bond acceptors (Lipinski definition) is 4. The summed E-state index contributed by atoms with van der Waals surface area (Å²) < 4.78 is 37.0. The van der Waals surface area contributed by atoms with E-state index >= 15 is 0 Å². The average Bonchev–Trinajstić information content (AvgIpc) is 2.60. The van der Waals surface area contributed by atoms with Crippen LogP contribution in [0.2, 0.25) is 0 Å². The van der Waals surface area contributed by atoms with Crippen molar-refractivity contribution >= 4 is 35.7 Å². The van der Waals surface area contributed by atoms with Crippen LogP contribution in [0, 0.1) is 5.82 Å². The summed E-state index contributed by atoms with van der Waals surface area (Å²) in [6, 6.07) is 3.95. The zero-order valence-corrected chi connectivity index (χ0v) is 12.1. The van der Waals surface area contributed by atoms with Gasteiger partial charge in [0, 0.05) is 27.8 Å². The van der Waals surface area contributed by atoms with Crippen LogP contribution in [0.1, 0.15) is 0 Å². The maximum absolute atomic E-state index is 13.0. The van der Waals surface area contributed by atoms with Crippen LogP contribution in [0.4, 0.5) is 4.39 Å². The van der Waals surface area contributed by atoms with Crippen LogP contribution in [-0.4, -0.2) is 23.2 Å². The Hall–Kier alpha value is -0.990. The molecule has 2 rings (SSSR count). The first-order valence-corrected chi connectivity index (χ1v) is 7.70. The monoisotopic (exact) mass is 353 g/mol. The molecule has 0 unspecified atom stereocenters. The average molecular weight is 355 g/mol.